The summed E-state index contributed by atoms with van der Waals surface area (Å²) >= 11 is 0. The lowest BCUT2D eigenvalue weighted by Gasteiger charge is -1.94. The molecule has 0 amide bonds. The highest BCUT2D eigenvalue weighted by Crippen LogP contribution is 1.95. The third-order valence-electron chi connectivity index (χ3n) is 2.01. The SMILES string of the molecule is C(#Cc1ccccc1)CNCc1ccno1. The van der Waals surface area contributed by atoms with Crippen LogP contribution in [-0.4, -0.2) is 11.7 Å². The first kappa shape index (κ1) is 10.5. The highest BCUT2D eigenvalue weighted by Gasteiger charge is 1.93. The van der Waals surface area contributed by atoms with Crippen LogP contribution in [0.15, 0.2) is 47.1 Å². The van der Waals surface area contributed by atoms with E-state index in [-0.39, 0.29) is 0 Å². The summed E-state index contributed by atoms with van der Waals surface area (Å²) in [6.45, 7) is 1.29. The molecule has 3 heteroatoms. The smallest absolute Gasteiger partial charge is 0.150 e. The first-order chi connectivity index (χ1) is 7.95. The van der Waals surface area contributed by atoms with Crippen molar-refractivity contribution in [1.82, 2.24) is 10.5 Å². The first-order valence-electron chi connectivity index (χ1n) is 5.09. The van der Waals surface area contributed by atoms with Crippen molar-refractivity contribution in [3.63, 3.8) is 0 Å². The van der Waals surface area contributed by atoms with Gasteiger partial charge in [-0.15, -0.1) is 0 Å². The molecule has 80 valence electrons. The molecule has 0 bridgehead atoms. The van der Waals surface area contributed by atoms with Crippen LogP contribution in [0.1, 0.15) is 11.3 Å². The molecule has 0 unspecified atom stereocenters. The Hall–Kier alpha value is -2.05. The van der Waals surface area contributed by atoms with E-state index >= 15 is 0 Å². The summed E-state index contributed by atoms with van der Waals surface area (Å²) in [5.74, 6) is 6.93. The van der Waals surface area contributed by atoms with Crippen LogP contribution in [-0.2, 0) is 6.54 Å². The van der Waals surface area contributed by atoms with E-state index in [2.05, 4.69) is 22.3 Å². The van der Waals surface area contributed by atoms with Gasteiger partial charge in [0, 0.05) is 11.6 Å². The summed E-state index contributed by atoms with van der Waals surface area (Å²) in [6, 6.07) is 11.7. The van der Waals surface area contributed by atoms with Crippen LogP contribution in [0.5, 0.6) is 0 Å². The lowest BCUT2D eigenvalue weighted by atomic mass is 10.2. The van der Waals surface area contributed by atoms with Gasteiger partial charge in [-0.3, -0.25) is 5.32 Å². The van der Waals surface area contributed by atoms with Gasteiger partial charge in [0.1, 0.15) is 5.76 Å². The molecule has 0 aliphatic carbocycles. The first-order valence-corrected chi connectivity index (χ1v) is 5.09. The molecular weight excluding hydrogens is 200 g/mol. The molecule has 0 aliphatic heterocycles. The van der Waals surface area contributed by atoms with E-state index in [0.29, 0.717) is 13.1 Å². The molecule has 2 aromatic rings. The Morgan fingerprint density at radius 1 is 1.19 bits per heavy atom. The largest absolute Gasteiger partial charge is 0.360 e. The summed E-state index contributed by atoms with van der Waals surface area (Å²) in [4.78, 5) is 0. The van der Waals surface area contributed by atoms with Gasteiger partial charge in [-0.2, -0.15) is 0 Å². The van der Waals surface area contributed by atoms with Crippen molar-refractivity contribution in [2.45, 2.75) is 6.54 Å². The van der Waals surface area contributed by atoms with Gasteiger partial charge in [0.25, 0.3) is 0 Å². The minimum Gasteiger partial charge on any atom is -0.360 e. The van der Waals surface area contributed by atoms with Crippen LogP contribution in [0.2, 0.25) is 0 Å². The van der Waals surface area contributed by atoms with Gasteiger partial charge in [-0.05, 0) is 12.1 Å². The molecule has 3 nitrogen and oxygen atoms in total. The third-order valence-corrected chi connectivity index (χ3v) is 2.01. The van der Waals surface area contributed by atoms with E-state index in [4.69, 9.17) is 4.52 Å². The molecule has 1 aromatic carbocycles. The molecule has 1 aromatic heterocycles. The van der Waals surface area contributed by atoms with Crippen molar-refractivity contribution in [3.8, 4) is 11.8 Å². The predicted molar refractivity (Wildman–Crippen MR) is 61.5 cm³/mol. The Kier molecular flexibility index (Phi) is 3.75. The predicted octanol–water partition coefficient (Wildman–Crippen LogP) is 1.82. The summed E-state index contributed by atoms with van der Waals surface area (Å²) in [5, 5.41) is 6.77. The number of nitrogens with one attached hydrogen (secondary N) is 1. The molecular formula is C13H12N2O. The fraction of sp³-hybridized carbons (Fsp3) is 0.154. The maximum Gasteiger partial charge on any atom is 0.150 e. The molecule has 0 spiro atoms. The van der Waals surface area contributed by atoms with Crippen LogP contribution in [0.3, 0.4) is 0 Å². The summed E-state index contributed by atoms with van der Waals surface area (Å²) in [7, 11) is 0. The van der Waals surface area contributed by atoms with Crippen LogP contribution < -0.4 is 5.32 Å². The Balaban J connectivity index is 1.74. The fourth-order valence-electron chi connectivity index (χ4n) is 1.25. The second kappa shape index (κ2) is 5.74. The molecule has 1 N–H and O–H groups in total. The average molecular weight is 212 g/mol. The van der Waals surface area contributed by atoms with Gasteiger partial charge >= 0.3 is 0 Å². The fourth-order valence-corrected chi connectivity index (χ4v) is 1.25. The topological polar surface area (TPSA) is 38.1 Å². The lowest BCUT2D eigenvalue weighted by molar-refractivity contribution is 0.375. The van der Waals surface area contributed by atoms with Crippen LogP contribution in [0.25, 0.3) is 0 Å². The second-order valence-corrected chi connectivity index (χ2v) is 3.25. The number of rotatable bonds is 3. The van der Waals surface area contributed by atoms with Crippen molar-refractivity contribution >= 4 is 0 Å². The lowest BCUT2D eigenvalue weighted by Crippen LogP contribution is -2.12. The normalized spacial score (nSPS) is 9.50. The number of hydrogen-bond donors (Lipinski definition) is 1. The van der Waals surface area contributed by atoms with E-state index in [0.717, 1.165) is 11.3 Å². The number of hydrogen-bond acceptors (Lipinski definition) is 3. The highest BCUT2D eigenvalue weighted by molar-refractivity contribution is 5.33. The zero-order valence-electron chi connectivity index (χ0n) is 8.81. The van der Waals surface area contributed by atoms with Crippen LogP contribution in [0.4, 0.5) is 0 Å². The van der Waals surface area contributed by atoms with E-state index in [1.807, 2.05) is 36.4 Å². The molecule has 2 rings (SSSR count). The quantitative estimate of drug-likeness (QED) is 0.623. The maximum absolute atomic E-state index is 4.94. The summed E-state index contributed by atoms with van der Waals surface area (Å²) < 4.78 is 4.94. The van der Waals surface area contributed by atoms with E-state index < -0.39 is 0 Å². The van der Waals surface area contributed by atoms with E-state index in [9.17, 15) is 0 Å². The zero-order chi connectivity index (χ0) is 11.1. The molecule has 0 atom stereocenters. The zero-order valence-corrected chi connectivity index (χ0v) is 8.81. The molecule has 0 radical (unpaired) electrons. The van der Waals surface area contributed by atoms with Crippen LogP contribution in [0, 0.1) is 11.8 Å². The Bertz CT molecular complexity index is 466. The van der Waals surface area contributed by atoms with Gasteiger partial charge in [0.15, 0.2) is 0 Å². The summed E-state index contributed by atoms with van der Waals surface area (Å²) in [5.41, 5.74) is 1.03. The molecule has 16 heavy (non-hydrogen) atoms. The van der Waals surface area contributed by atoms with Crippen molar-refractivity contribution in [1.29, 1.82) is 0 Å². The Morgan fingerprint density at radius 2 is 2.06 bits per heavy atom. The van der Waals surface area contributed by atoms with E-state index in [1.165, 1.54) is 0 Å². The van der Waals surface area contributed by atoms with Gasteiger partial charge in [0.2, 0.25) is 0 Å². The molecule has 0 saturated carbocycles. The Morgan fingerprint density at radius 3 is 2.81 bits per heavy atom. The Labute approximate surface area is 94.5 Å². The van der Waals surface area contributed by atoms with Gasteiger partial charge < -0.3 is 4.52 Å². The van der Waals surface area contributed by atoms with Gasteiger partial charge in [-0.25, -0.2) is 0 Å². The second-order valence-electron chi connectivity index (χ2n) is 3.25. The van der Waals surface area contributed by atoms with Crippen LogP contribution >= 0.6 is 0 Å². The monoisotopic (exact) mass is 212 g/mol. The highest BCUT2D eigenvalue weighted by atomic mass is 16.5. The van der Waals surface area contributed by atoms with Crippen molar-refractivity contribution < 1.29 is 4.52 Å². The van der Waals surface area contributed by atoms with E-state index in [1.54, 1.807) is 6.20 Å². The van der Waals surface area contributed by atoms with Gasteiger partial charge in [-0.1, -0.05) is 35.2 Å². The van der Waals surface area contributed by atoms with Crippen molar-refractivity contribution in [2.24, 2.45) is 0 Å². The number of benzene rings is 1. The third kappa shape index (κ3) is 3.26. The molecule has 0 fully saturated rings. The summed E-state index contributed by atoms with van der Waals surface area (Å²) in [6.07, 6.45) is 1.63. The number of nitrogens with zero attached hydrogens (tertiary/aromatic N) is 1. The molecule has 0 aliphatic rings. The number of aromatic nitrogens is 1. The molecule has 0 saturated heterocycles. The minimum atomic E-state index is 0.635. The maximum atomic E-state index is 4.94. The minimum absolute atomic E-state index is 0.635. The average Bonchev–Trinajstić information content (AvgIpc) is 2.83. The molecule has 1 heterocycles. The van der Waals surface area contributed by atoms with Gasteiger partial charge in [0.05, 0.1) is 19.3 Å². The standard InChI is InChI=1S/C13H12N2O/c1-2-5-12(6-3-1)7-4-9-14-11-13-8-10-15-16-13/h1-3,5-6,8,10,14H,9,11H2. The van der Waals surface area contributed by atoms with Crippen molar-refractivity contribution in [3.05, 3.63) is 53.9 Å². The van der Waals surface area contributed by atoms with Crippen molar-refractivity contribution in [2.75, 3.05) is 6.54 Å².